The second-order valence-corrected chi connectivity index (χ2v) is 7.07. The SMILES string of the molecule is COCCN(C)C(=O)c1cc2cc(Cc3nccc(-c4ccccn4)n3)ccc2[nH]1. The minimum absolute atomic E-state index is 0.0591. The summed E-state index contributed by atoms with van der Waals surface area (Å²) in [5.74, 6) is 0.667. The summed E-state index contributed by atoms with van der Waals surface area (Å²) in [6.45, 7) is 1.05. The number of rotatable bonds is 7. The van der Waals surface area contributed by atoms with E-state index in [4.69, 9.17) is 4.74 Å². The standard InChI is InChI=1S/C23H23N5O2/c1-28(11-12-30-2)23(29)21-15-17-13-16(6-7-18(17)26-21)14-22-25-10-8-20(27-22)19-5-3-4-9-24-19/h3-10,13,15,26H,11-12,14H2,1-2H3. The first kappa shape index (κ1) is 19.7. The summed E-state index contributed by atoms with van der Waals surface area (Å²) < 4.78 is 5.05. The van der Waals surface area contributed by atoms with E-state index in [1.165, 1.54) is 0 Å². The van der Waals surface area contributed by atoms with E-state index in [1.54, 1.807) is 31.5 Å². The second kappa shape index (κ2) is 8.84. The number of amides is 1. The average molecular weight is 401 g/mol. The highest BCUT2D eigenvalue weighted by molar-refractivity contribution is 5.98. The molecule has 0 unspecified atom stereocenters. The van der Waals surface area contributed by atoms with Crippen LogP contribution in [0.5, 0.6) is 0 Å². The molecule has 0 aliphatic carbocycles. The Kier molecular flexibility index (Phi) is 5.81. The van der Waals surface area contributed by atoms with Gasteiger partial charge in [0.15, 0.2) is 0 Å². The molecule has 30 heavy (non-hydrogen) atoms. The number of H-pyrrole nitrogens is 1. The number of likely N-dealkylation sites (N-methyl/N-ethyl adjacent to an activating group) is 1. The lowest BCUT2D eigenvalue weighted by molar-refractivity contribution is 0.0739. The summed E-state index contributed by atoms with van der Waals surface area (Å²) in [6, 6.07) is 15.6. The van der Waals surface area contributed by atoms with Crippen LogP contribution in [0.3, 0.4) is 0 Å². The zero-order valence-electron chi connectivity index (χ0n) is 17.0. The number of carbonyl (C=O) groups is 1. The Labute approximate surface area is 174 Å². The Morgan fingerprint density at radius 1 is 1.07 bits per heavy atom. The molecule has 0 bridgehead atoms. The molecule has 0 aliphatic rings. The molecule has 1 aromatic carbocycles. The van der Waals surface area contributed by atoms with Gasteiger partial charge < -0.3 is 14.6 Å². The molecule has 0 radical (unpaired) electrons. The molecule has 0 fully saturated rings. The topological polar surface area (TPSA) is 84.0 Å². The first-order chi connectivity index (χ1) is 14.6. The van der Waals surface area contributed by atoms with E-state index in [9.17, 15) is 4.79 Å². The summed E-state index contributed by atoms with van der Waals surface area (Å²) in [6.07, 6.45) is 4.11. The van der Waals surface area contributed by atoms with Gasteiger partial charge >= 0.3 is 0 Å². The number of hydrogen-bond donors (Lipinski definition) is 1. The van der Waals surface area contributed by atoms with E-state index in [2.05, 4.69) is 26.0 Å². The van der Waals surface area contributed by atoms with Crippen LogP contribution in [0, 0.1) is 0 Å². The summed E-state index contributed by atoms with van der Waals surface area (Å²) in [4.78, 5) is 30.8. The molecule has 3 aromatic heterocycles. The van der Waals surface area contributed by atoms with Gasteiger partial charge in [0.2, 0.25) is 0 Å². The normalized spacial score (nSPS) is 11.0. The molecule has 3 heterocycles. The molecule has 152 valence electrons. The zero-order chi connectivity index (χ0) is 20.9. The third kappa shape index (κ3) is 4.36. The van der Waals surface area contributed by atoms with Crippen molar-refractivity contribution in [1.29, 1.82) is 0 Å². The lowest BCUT2D eigenvalue weighted by Crippen LogP contribution is -2.30. The molecular formula is C23H23N5O2. The van der Waals surface area contributed by atoms with Crippen LogP contribution in [0.2, 0.25) is 0 Å². The molecule has 1 N–H and O–H groups in total. The van der Waals surface area contributed by atoms with Gasteiger partial charge in [-0.15, -0.1) is 0 Å². The van der Waals surface area contributed by atoms with Crippen LogP contribution in [0.4, 0.5) is 0 Å². The van der Waals surface area contributed by atoms with Crippen LogP contribution in [0.1, 0.15) is 21.9 Å². The number of aromatic nitrogens is 4. The van der Waals surface area contributed by atoms with Crippen molar-refractivity contribution in [1.82, 2.24) is 24.8 Å². The number of hydrogen-bond acceptors (Lipinski definition) is 5. The van der Waals surface area contributed by atoms with Gasteiger partial charge in [0.25, 0.3) is 5.91 Å². The van der Waals surface area contributed by atoms with E-state index in [0.29, 0.717) is 25.3 Å². The van der Waals surface area contributed by atoms with Gasteiger partial charge in [-0.25, -0.2) is 9.97 Å². The highest BCUT2D eigenvalue weighted by atomic mass is 16.5. The number of fused-ring (bicyclic) bond motifs is 1. The van der Waals surface area contributed by atoms with Gasteiger partial charge in [0, 0.05) is 50.4 Å². The highest BCUT2D eigenvalue weighted by Gasteiger charge is 2.14. The van der Waals surface area contributed by atoms with Crippen LogP contribution in [0.25, 0.3) is 22.3 Å². The predicted molar refractivity (Wildman–Crippen MR) is 115 cm³/mol. The molecular weight excluding hydrogens is 378 g/mol. The minimum Gasteiger partial charge on any atom is -0.383 e. The molecule has 4 aromatic rings. The maximum atomic E-state index is 12.6. The molecule has 0 saturated heterocycles. The number of aromatic amines is 1. The summed E-state index contributed by atoms with van der Waals surface area (Å²) in [5.41, 5.74) is 4.18. The number of benzene rings is 1. The Hall–Kier alpha value is -3.58. The van der Waals surface area contributed by atoms with Crippen molar-refractivity contribution >= 4 is 16.8 Å². The number of nitrogens with zero attached hydrogens (tertiary/aromatic N) is 4. The number of nitrogens with one attached hydrogen (secondary N) is 1. The maximum absolute atomic E-state index is 12.6. The molecule has 0 spiro atoms. The Bertz CT molecular complexity index is 1160. The zero-order valence-corrected chi connectivity index (χ0v) is 17.0. The smallest absolute Gasteiger partial charge is 0.270 e. The fourth-order valence-electron chi connectivity index (χ4n) is 3.27. The largest absolute Gasteiger partial charge is 0.383 e. The highest BCUT2D eigenvalue weighted by Crippen LogP contribution is 2.20. The molecule has 7 nitrogen and oxygen atoms in total. The van der Waals surface area contributed by atoms with Crippen LogP contribution in [-0.2, 0) is 11.2 Å². The van der Waals surface area contributed by atoms with Crippen LogP contribution >= 0.6 is 0 Å². The van der Waals surface area contributed by atoms with Crippen molar-refractivity contribution in [2.24, 2.45) is 0 Å². The van der Waals surface area contributed by atoms with E-state index in [0.717, 1.165) is 33.7 Å². The fourth-order valence-corrected chi connectivity index (χ4v) is 3.27. The Balaban J connectivity index is 1.54. The average Bonchev–Trinajstić information content (AvgIpc) is 3.21. The Morgan fingerprint density at radius 3 is 2.77 bits per heavy atom. The number of methoxy groups -OCH3 is 1. The lowest BCUT2D eigenvalue weighted by atomic mass is 10.1. The fraction of sp³-hybridized carbons (Fsp3) is 0.217. The quantitative estimate of drug-likeness (QED) is 0.514. The van der Waals surface area contributed by atoms with Gasteiger partial charge in [0.1, 0.15) is 11.5 Å². The van der Waals surface area contributed by atoms with Crippen LogP contribution in [0.15, 0.2) is 60.9 Å². The minimum atomic E-state index is -0.0591. The molecule has 0 saturated carbocycles. The number of carbonyl (C=O) groups excluding carboxylic acids is 1. The molecule has 1 amide bonds. The molecule has 7 heteroatoms. The van der Waals surface area contributed by atoms with Crippen molar-refractivity contribution in [3.8, 4) is 11.4 Å². The van der Waals surface area contributed by atoms with E-state index in [1.807, 2.05) is 42.5 Å². The van der Waals surface area contributed by atoms with Gasteiger partial charge in [-0.05, 0) is 42.0 Å². The van der Waals surface area contributed by atoms with Crippen LogP contribution < -0.4 is 0 Å². The van der Waals surface area contributed by atoms with Gasteiger partial charge in [-0.1, -0.05) is 12.1 Å². The van der Waals surface area contributed by atoms with E-state index in [-0.39, 0.29) is 5.91 Å². The summed E-state index contributed by atoms with van der Waals surface area (Å²) >= 11 is 0. The lowest BCUT2D eigenvalue weighted by Gasteiger charge is -2.15. The van der Waals surface area contributed by atoms with Crippen molar-refractivity contribution < 1.29 is 9.53 Å². The van der Waals surface area contributed by atoms with Crippen molar-refractivity contribution in [3.05, 3.63) is 78.0 Å². The maximum Gasteiger partial charge on any atom is 0.270 e. The van der Waals surface area contributed by atoms with E-state index >= 15 is 0 Å². The second-order valence-electron chi connectivity index (χ2n) is 7.07. The number of pyridine rings is 1. The summed E-state index contributed by atoms with van der Waals surface area (Å²) in [7, 11) is 3.39. The third-order valence-corrected chi connectivity index (χ3v) is 4.89. The Morgan fingerprint density at radius 2 is 1.97 bits per heavy atom. The molecule has 0 aliphatic heterocycles. The van der Waals surface area contributed by atoms with Gasteiger partial charge in [-0.3, -0.25) is 9.78 Å². The van der Waals surface area contributed by atoms with Crippen molar-refractivity contribution in [2.75, 3.05) is 27.3 Å². The van der Waals surface area contributed by atoms with Gasteiger partial charge in [-0.2, -0.15) is 0 Å². The molecule has 4 rings (SSSR count). The van der Waals surface area contributed by atoms with Crippen molar-refractivity contribution in [3.63, 3.8) is 0 Å². The summed E-state index contributed by atoms with van der Waals surface area (Å²) in [5, 5.41) is 0.983. The number of ether oxygens (including phenoxy) is 1. The molecule has 0 atom stereocenters. The first-order valence-corrected chi connectivity index (χ1v) is 9.73. The van der Waals surface area contributed by atoms with Gasteiger partial charge in [0.05, 0.1) is 18.0 Å². The van der Waals surface area contributed by atoms with Crippen molar-refractivity contribution in [2.45, 2.75) is 6.42 Å². The monoisotopic (exact) mass is 401 g/mol. The predicted octanol–water partition coefficient (Wildman–Crippen LogP) is 3.33. The first-order valence-electron chi connectivity index (χ1n) is 9.73. The van der Waals surface area contributed by atoms with Crippen LogP contribution in [-0.4, -0.2) is 58.1 Å². The third-order valence-electron chi connectivity index (χ3n) is 4.89. The van der Waals surface area contributed by atoms with E-state index < -0.39 is 0 Å².